The molecule has 0 aliphatic carbocycles. The number of hydrogen-bond acceptors (Lipinski definition) is 2. The number of nitrogens with zero attached hydrogens (tertiary/aromatic N) is 5. The molecular weight excluding hydrogens is 354 g/mol. The van der Waals surface area contributed by atoms with E-state index in [-0.39, 0.29) is 0 Å². The van der Waals surface area contributed by atoms with Crippen LogP contribution in [0.3, 0.4) is 0 Å². The van der Waals surface area contributed by atoms with E-state index in [1.54, 1.807) is 9.48 Å². The zero-order valence-electron chi connectivity index (χ0n) is 12.9. The van der Waals surface area contributed by atoms with Crippen LogP contribution in [-0.2, 0) is 0 Å². The quantitative estimate of drug-likeness (QED) is 0.511. The van der Waals surface area contributed by atoms with Gasteiger partial charge in [-0.1, -0.05) is 48.5 Å². The predicted octanol–water partition coefficient (Wildman–Crippen LogP) is 2.57. The molecule has 0 unspecified atom stereocenters. The van der Waals surface area contributed by atoms with Crippen LogP contribution in [0.25, 0.3) is 11.4 Å². The lowest BCUT2D eigenvalue weighted by atomic mass is 10.3. The first kappa shape index (κ1) is 15.7. The number of halogens is 1. The molecule has 0 fully saturated rings. The molecule has 0 aliphatic heterocycles. The Kier molecular flexibility index (Phi) is 5.02. The van der Waals surface area contributed by atoms with E-state index in [0.717, 1.165) is 35.2 Å². The lowest BCUT2D eigenvalue weighted by molar-refractivity contribution is -0.723. The monoisotopic (exact) mass is 371 g/mol. The maximum atomic E-state index is 4.61. The Morgan fingerprint density at radius 3 is 2.61 bits per heavy atom. The molecule has 0 radical (unpaired) electrons. The van der Waals surface area contributed by atoms with Crippen molar-refractivity contribution >= 4 is 15.9 Å². The molecule has 0 saturated heterocycles. The zero-order valence-corrected chi connectivity index (χ0v) is 14.5. The van der Waals surface area contributed by atoms with Crippen LogP contribution < -0.4 is 15.5 Å². The molecule has 6 heteroatoms. The Hall–Kier alpha value is -2.21. The van der Waals surface area contributed by atoms with Crippen molar-refractivity contribution in [2.75, 3.05) is 6.54 Å². The fraction of sp³-hybridized carbons (Fsp3) is 0.235. The second-order valence-electron chi connectivity index (χ2n) is 5.11. The number of unbranched alkanes of at least 4 members (excludes halogenated alkanes) is 1. The fourth-order valence-electron chi connectivity index (χ4n) is 2.16. The summed E-state index contributed by atoms with van der Waals surface area (Å²) in [4.78, 5) is 6.22. The van der Waals surface area contributed by atoms with Gasteiger partial charge in [-0.15, -0.1) is 9.78 Å². The van der Waals surface area contributed by atoms with Crippen LogP contribution in [0.2, 0.25) is 0 Å². The molecule has 23 heavy (non-hydrogen) atoms. The average molecular weight is 372 g/mol. The Bertz CT molecular complexity index is 835. The van der Waals surface area contributed by atoms with E-state index >= 15 is 0 Å². The fourth-order valence-corrected chi connectivity index (χ4v) is 2.61. The molecule has 0 amide bonds. The first-order valence-corrected chi connectivity index (χ1v) is 8.46. The maximum Gasteiger partial charge on any atom is 0.261 e. The molecule has 1 aromatic heterocycles. The SMILES string of the molecule is CCCCN=c1[n-][n+](-c2ccccc2)nn1-c1ccccc1Br. The van der Waals surface area contributed by atoms with Gasteiger partial charge in [-0.05, 0) is 53.2 Å². The molecule has 5 nitrogen and oxygen atoms in total. The molecule has 1 heterocycles. The zero-order chi connectivity index (χ0) is 16.1. The van der Waals surface area contributed by atoms with Crippen molar-refractivity contribution in [1.82, 2.24) is 15.0 Å². The van der Waals surface area contributed by atoms with Crippen molar-refractivity contribution in [2.45, 2.75) is 19.8 Å². The molecule has 0 saturated carbocycles. The highest BCUT2D eigenvalue weighted by Gasteiger charge is 2.13. The van der Waals surface area contributed by atoms with Crippen molar-refractivity contribution in [2.24, 2.45) is 4.99 Å². The molecule has 118 valence electrons. The summed E-state index contributed by atoms with van der Waals surface area (Å²) in [6.45, 7) is 2.90. The lowest BCUT2D eigenvalue weighted by Crippen LogP contribution is -2.40. The van der Waals surface area contributed by atoms with Crippen molar-refractivity contribution in [3.05, 3.63) is 64.7 Å². The number of tetrazole rings is 1. The largest absolute Gasteiger partial charge is 0.323 e. The van der Waals surface area contributed by atoms with Gasteiger partial charge in [-0.25, -0.2) is 0 Å². The van der Waals surface area contributed by atoms with E-state index in [2.05, 4.69) is 38.2 Å². The summed E-state index contributed by atoms with van der Waals surface area (Å²) in [5.41, 5.74) is 2.43. The third-order valence-corrected chi connectivity index (χ3v) is 4.05. The molecule has 0 N–H and O–H groups in total. The van der Waals surface area contributed by atoms with Gasteiger partial charge in [-0.3, -0.25) is 0 Å². The van der Waals surface area contributed by atoms with Gasteiger partial charge in [-0.2, -0.15) is 0 Å². The molecule has 2 aromatic carbocycles. The van der Waals surface area contributed by atoms with E-state index in [4.69, 9.17) is 0 Å². The van der Waals surface area contributed by atoms with Crippen LogP contribution in [-0.4, -0.2) is 16.4 Å². The average Bonchev–Trinajstić information content (AvgIpc) is 3.00. The second-order valence-corrected chi connectivity index (χ2v) is 5.97. The van der Waals surface area contributed by atoms with Gasteiger partial charge in [0, 0.05) is 5.21 Å². The van der Waals surface area contributed by atoms with Crippen LogP contribution in [0.15, 0.2) is 64.1 Å². The van der Waals surface area contributed by atoms with Gasteiger partial charge < -0.3 is 4.99 Å². The van der Waals surface area contributed by atoms with Crippen molar-refractivity contribution in [3.63, 3.8) is 0 Å². The molecule has 0 aliphatic rings. The highest BCUT2D eigenvalue weighted by molar-refractivity contribution is 9.10. The summed E-state index contributed by atoms with van der Waals surface area (Å²) in [5.74, 6) is 0. The third-order valence-electron chi connectivity index (χ3n) is 3.38. The first-order valence-electron chi connectivity index (χ1n) is 7.67. The van der Waals surface area contributed by atoms with Gasteiger partial charge in [0.15, 0.2) is 11.4 Å². The van der Waals surface area contributed by atoms with Crippen LogP contribution in [0.4, 0.5) is 0 Å². The van der Waals surface area contributed by atoms with Crippen molar-refractivity contribution in [1.29, 1.82) is 0 Å². The number of hydrogen-bond donors (Lipinski definition) is 0. The third kappa shape index (κ3) is 3.59. The minimum absolute atomic E-state index is 0.606. The minimum Gasteiger partial charge on any atom is -0.323 e. The van der Waals surface area contributed by atoms with Gasteiger partial charge in [0.2, 0.25) is 0 Å². The Labute approximate surface area is 143 Å². The minimum atomic E-state index is 0.606. The Morgan fingerprint density at radius 1 is 1.13 bits per heavy atom. The summed E-state index contributed by atoms with van der Waals surface area (Å²) in [6, 6.07) is 17.8. The molecule has 0 bridgehead atoms. The number of para-hydroxylation sites is 2. The highest BCUT2D eigenvalue weighted by Crippen LogP contribution is 2.17. The Balaban J connectivity index is 2.11. The molecular formula is C17H18BrN5. The van der Waals surface area contributed by atoms with Crippen LogP contribution >= 0.6 is 15.9 Å². The number of aromatic nitrogens is 4. The standard InChI is InChI=1S/C17H18BrN5/c1-2-3-13-19-17-20-23(14-9-5-4-6-10-14)21-22(17)16-12-8-7-11-15(16)18/h4-12H,2-3,13H2,1H3. The summed E-state index contributed by atoms with van der Waals surface area (Å²) in [5, 5.41) is 9.14. The molecule has 0 spiro atoms. The van der Waals surface area contributed by atoms with Crippen LogP contribution in [0.1, 0.15) is 19.8 Å². The highest BCUT2D eigenvalue weighted by atomic mass is 79.9. The predicted molar refractivity (Wildman–Crippen MR) is 91.5 cm³/mol. The second kappa shape index (κ2) is 7.37. The maximum absolute atomic E-state index is 4.61. The first-order chi connectivity index (χ1) is 11.3. The molecule has 3 aromatic rings. The summed E-state index contributed by atoms with van der Waals surface area (Å²) >= 11 is 3.57. The van der Waals surface area contributed by atoms with E-state index < -0.39 is 0 Å². The van der Waals surface area contributed by atoms with E-state index in [1.165, 1.54) is 0 Å². The summed E-state index contributed by atoms with van der Waals surface area (Å²) < 4.78 is 2.73. The van der Waals surface area contributed by atoms with Gasteiger partial charge in [0.1, 0.15) is 0 Å². The lowest BCUT2D eigenvalue weighted by Gasteiger charge is -1.99. The van der Waals surface area contributed by atoms with Crippen LogP contribution in [0, 0.1) is 0 Å². The van der Waals surface area contributed by atoms with Gasteiger partial charge in [0.05, 0.1) is 4.47 Å². The Morgan fingerprint density at radius 2 is 1.87 bits per heavy atom. The summed E-state index contributed by atoms with van der Waals surface area (Å²) in [7, 11) is 0. The number of benzene rings is 2. The summed E-state index contributed by atoms with van der Waals surface area (Å²) in [6.07, 6.45) is 2.14. The van der Waals surface area contributed by atoms with Gasteiger partial charge >= 0.3 is 0 Å². The number of rotatable bonds is 5. The smallest absolute Gasteiger partial charge is 0.261 e. The van der Waals surface area contributed by atoms with Crippen molar-refractivity contribution < 1.29 is 4.80 Å². The van der Waals surface area contributed by atoms with Crippen molar-refractivity contribution in [3.8, 4) is 11.4 Å². The van der Waals surface area contributed by atoms with Gasteiger partial charge in [0.25, 0.3) is 5.62 Å². The van der Waals surface area contributed by atoms with Crippen LogP contribution in [0.5, 0.6) is 0 Å². The van der Waals surface area contributed by atoms with E-state index in [0.29, 0.717) is 5.62 Å². The molecule has 0 atom stereocenters. The van der Waals surface area contributed by atoms with E-state index in [1.807, 2.05) is 54.6 Å². The normalized spacial score (nSPS) is 11.8. The molecule has 3 rings (SSSR count). The topological polar surface area (TPSA) is 48.2 Å². The van der Waals surface area contributed by atoms with E-state index in [9.17, 15) is 0 Å².